The van der Waals surface area contributed by atoms with Gasteiger partial charge in [0.05, 0.1) is 13.2 Å². The van der Waals surface area contributed by atoms with Gasteiger partial charge >= 0.3 is 0 Å². The second-order valence-electron chi connectivity index (χ2n) is 7.09. The van der Waals surface area contributed by atoms with Crippen molar-refractivity contribution in [2.45, 2.75) is 66.2 Å². The molecule has 0 bridgehead atoms. The van der Waals surface area contributed by atoms with E-state index in [2.05, 4.69) is 31.1 Å². The van der Waals surface area contributed by atoms with E-state index in [1.807, 2.05) is 0 Å². The van der Waals surface area contributed by atoms with Gasteiger partial charge in [-0.25, -0.2) is 0 Å². The first kappa shape index (κ1) is 21.9. The first-order valence-electron chi connectivity index (χ1n) is 9.15. The second kappa shape index (κ2) is 14.5. The van der Waals surface area contributed by atoms with Crippen LogP contribution in [0.1, 0.15) is 66.2 Å². The summed E-state index contributed by atoms with van der Waals surface area (Å²) >= 11 is 0. The molecular weight excluding hydrogens is 272 g/mol. The van der Waals surface area contributed by atoms with Crippen molar-refractivity contribution in [3.63, 3.8) is 0 Å². The van der Waals surface area contributed by atoms with E-state index in [0.29, 0.717) is 0 Å². The molecule has 0 radical (unpaired) electrons. The zero-order chi connectivity index (χ0) is 15.3. The molecule has 0 aromatic rings. The Balaban J connectivity index is 0.000000294. The summed E-state index contributed by atoms with van der Waals surface area (Å²) in [4.78, 5) is 2.27. The van der Waals surface area contributed by atoms with Gasteiger partial charge in [0.15, 0.2) is 0 Å². The third kappa shape index (κ3) is 12.4. The average Bonchev–Trinajstić information content (AvgIpc) is 2.51. The highest BCUT2D eigenvalue weighted by Gasteiger charge is 2.06. The number of piperidine rings is 1. The van der Waals surface area contributed by atoms with Crippen LogP contribution in [0, 0.1) is 11.8 Å². The van der Waals surface area contributed by atoms with Crippen LogP contribution >= 0.6 is 0 Å². The minimum atomic E-state index is 0. The Morgan fingerprint density at radius 2 is 1.32 bits per heavy atom. The fourth-order valence-corrected chi connectivity index (χ4v) is 2.93. The average molecular weight is 315 g/mol. The molecule has 1 saturated carbocycles. The standard InChI is InChI=1S/C7H14.C6H13N.C5H11NO.CH4/c1-7-5-3-2-4-6-7;2*1-6-2-4-7-5-3-6;/h7H,2-6H2,1H3;6-7H,2-5H2,1H3;2-5H2,1H3;1H4. The molecule has 3 fully saturated rings. The summed E-state index contributed by atoms with van der Waals surface area (Å²) in [5.74, 6) is 2.01. The summed E-state index contributed by atoms with van der Waals surface area (Å²) < 4.78 is 5.10. The molecule has 0 unspecified atom stereocenters. The Bertz CT molecular complexity index is 179. The van der Waals surface area contributed by atoms with Crippen LogP contribution in [0.15, 0.2) is 0 Å². The van der Waals surface area contributed by atoms with Gasteiger partial charge in [0.25, 0.3) is 0 Å². The van der Waals surface area contributed by atoms with Crippen LogP contribution in [0.3, 0.4) is 0 Å². The number of morpholine rings is 1. The molecule has 3 nitrogen and oxygen atoms in total. The van der Waals surface area contributed by atoms with E-state index >= 15 is 0 Å². The Morgan fingerprint density at radius 1 is 0.818 bits per heavy atom. The Kier molecular flexibility index (Phi) is 14.4. The van der Waals surface area contributed by atoms with Crippen LogP contribution < -0.4 is 5.32 Å². The zero-order valence-corrected chi connectivity index (χ0v) is 14.7. The molecule has 1 N–H and O–H groups in total. The number of rotatable bonds is 0. The number of hydrogen-bond donors (Lipinski definition) is 1. The summed E-state index contributed by atoms with van der Waals surface area (Å²) in [6.45, 7) is 11.2. The first-order valence-corrected chi connectivity index (χ1v) is 9.15. The summed E-state index contributed by atoms with van der Waals surface area (Å²) in [6.07, 6.45) is 10.2. The predicted molar refractivity (Wildman–Crippen MR) is 98.6 cm³/mol. The fraction of sp³-hybridized carbons (Fsp3) is 1.00. The molecule has 134 valence electrons. The third-order valence-electron chi connectivity index (χ3n) is 4.76. The zero-order valence-electron chi connectivity index (χ0n) is 14.7. The summed E-state index contributed by atoms with van der Waals surface area (Å²) in [7, 11) is 2.11. The van der Waals surface area contributed by atoms with E-state index in [1.54, 1.807) is 0 Å². The molecule has 2 aliphatic heterocycles. The minimum absolute atomic E-state index is 0. The minimum Gasteiger partial charge on any atom is -0.379 e. The SMILES string of the molecule is C.CC1CCCCC1.CC1CCNCC1.CN1CCOCC1. The maximum atomic E-state index is 5.10. The Morgan fingerprint density at radius 3 is 1.59 bits per heavy atom. The highest BCUT2D eigenvalue weighted by atomic mass is 16.5. The lowest BCUT2D eigenvalue weighted by Gasteiger charge is -2.21. The predicted octanol–water partition coefficient (Wildman–Crippen LogP) is 4.18. The van der Waals surface area contributed by atoms with Crippen LogP contribution in [0.4, 0.5) is 0 Å². The lowest BCUT2D eigenvalue weighted by atomic mass is 9.91. The molecule has 0 aromatic heterocycles. The molecular formula is C19H42N2O. The molecule has 2 heterocycles. The van der Waals surface area contributed by atoms with Crippen LogP contribution in [0.5, 0.6) is 0 Å². The Labute approximate surface area is 140 Å². The Hall–Kier alpha value is -0.120. The number of nitrogens with one attached hydrogen (secondary N) is 1. The van der Waals surface area contributed by atoms with Crippen molar-refractivity contribution in [2.75, 3.05) is 46.4 Å². The van der Waals surface area contributed by atoms with Gasteiger partial charge in [0, 0.05) is 13.1 Å². The van der Waals surface area contributed by atoms with Gasteiger partial charge in [0.2, 0.25) is 0 Å². The normalized spacial score (nSPS) is 24.1. The molecule has 0 amide bonds. The molecule has 0 atom stereocenters. The number of nitrogens with zero attached hydrogens (tertiary/aromatic N) is 1. The third-order valence-corrected chi connectivity index (χ3v) is 4.76. The molecule has 2 saturated heterocycles. The van der Waals surface area contributed by atoms with Crippen molar-refractivity contribution in [1.82, 2.24) is 10.2 Å². The molecule has 3 heteroatoms. The van der Waals surface area contributed by atoms with Gasteiger partial charge in [-0.05, 0) is 44.8 Å². The molecule has 0 aromatic carbocycles. The maximum Gasteiger partial charge on any atom is 0.0594 e. The first-order chi connectivity index (χ1) is 10.2. The summed E-state index contributed by atoms with van der Waals surface area (Å²) in [5.41, 5.74) is 0. The van der Waals surface area contributed by atoms with Crippen molar-refractivity contribution in [3.05, 3.63) is 0 Å². The van der Waals surface area contributed by atoms with Crippen LogP contribution in [0.2, 0.25) is 0 Å². The van der Waals surface area contributed by atoms with Gasteiger partial charge in [0.1, 0.15) is 0 Å². The van der Waals surface area contributed by atoms with E-state index in [9.17, 15) is 0 Å². The van der Waals surface area contributed by atoms with Crippen molar-refractivity contribution >= 4 is 0 Å². The fourth-order valence-electron chi connectivity index (χ4n) is 2.93. The van der Waals surface area contributed by atoms with Gasteiger partial charge in [-0.3, -0.25) is 0 Å². The highest BCUT2D eigenvalue weighted by molar-refractivity contribution is 4.63. The van der Waals surface area contributed by atoms with Crippen LogP contribution in [0.25, 0.3) is 0 Å². The lowest BCUT2D eigenvalue weighted by molar-refractivity contribution is 0.0503. The molecule has 22 heavy (non-hydrogen) atoms. The van der Waals surface area contributed by atoms with E-state index in [1.165, 1.54) is 58.0 Å². The van der Waals surface area contributed by atoms with E-state index in [4.69, 9.17) is 4.74 Å². The topological polar surface area (TPSA) is 24.5 Å². The van der Waals surface area contributed by atoms with Gasteiger partial charge in [-0.2, -0.15) is 0 Å². The number of ether oxygens (including phenoxy) is 1. The second-order valence-corrected chi connectivity index (χ2v) is 7.09. The van der Waals surface area contributed by atoms with Crippen molar-refractivity contribution in [2.24, 2.45) is 11.8 Å². The highest BCUT2D eigenvalue weighted by Crippen LogP contribution is 2.22. The van der Waals surface area contributed by atoms with Crippen LogP contribution in [-0.4, -0.2) is 51.3 Å². The smallest absolute Gasteiger partial charge is 0.0594 e. The lowest BCUT2D eigenvalue weighted by Crippen LogP contribution is -2.32. The quantitative estimate of drug-likeness (QED) is 0.726. The van der Waals surface area contributed by atoms with E-state index in [0.717, 1.165) is 38.1 Å². The van der Waals surface area contributed by atoms with Gasteiger partial charge in [-0.15, -0.1) is 0 Å². The molecule has 1 aliphatic carbocycles. The molecule has 3 rings (SSSR count). The number of hydrogen-bond acceptors (Lipinski definition) is 3. The van der Waals surface area contributed by atoms with Crippen molar-refractivity contribution in [1.29, 1.82) is 0 Å². The van der Waals surface area contributed by atoms with Crippen molar-refractivity contribution < 1.29 is 4.74 Å². The van der Waals surface area contributed by atoms with E-state index < -0.39 is 0 Å². The maximum absolute atomic E-state index is 5.10. The monoisotopic (exact) mass is 314 g/mol. The summed E-state index contributed by atoms with van der Waals surface area (Å²) in [5, 5.41) is 3.32. The number of likely N-dealkylation sites (N-methyl/N-ethyl adjacent to an activating group) is 1. The van der Waals surface area contributed by atoms with Gasteiger partial charge in [-0.1, -0.05) is 53.4 Å². The van der Waals surface area contributed by atoms with Crippen molar-refractivity contribution in [3.8, 4) is 0 Å². The largest absolute Gasteiger partial charge is 0.379 e. The molecule has 0 spiro atoms. The van der Waals surface area contributed by atoms with E-state index in [-0.39, 0.29) is 7.43 Å². The van der Waals surface area contributed by atoms with Crippen LogP contribution in [-0.2, 0) is 4.74 Å². The summed E-state index contributed by atoms with van der Waals surface area (Å²) in [6, 6.07) is 0. The molecule has 3 aliphatic rings. The van der Waals surface area contributed by atoms with Gasteiger partial charge < -0.3 is 15.0 Å².